The largest absolute Gasteiger partial charge is 0.480 e. The summed E-state index contributed by atoms with van der Waals surface area (Å²) in [4.78, 5) is 17.4. The summed E-state index contributed by atoms with van der Waals surface area (Å²) in [6.45, 7) is 3.17. The highest BCUT2D eigenvalue weighted by molar-refractivity contribution is 5.73. The van der Waals surface area contributed by atoms with Gasteiger partial charge in [0.1, 0.15) is 6.04 Å². The molecule has 1 fully saturated rings. The van der Waals surface area contributed by atoms with E-state index in [1.54, 1.807) is 0 Å². The molecule has 3 rings (SSSR count). The van der Waals surface area contributed by atoms with Crippen molar-refractivity contribution in [3.8, 4) is 11.5 Å². The van der Waals surface area contributed by atoms with Gasteiger partial charge in [0.15, 0.2) is 5.82 Å². The number of carboxylic acids is 1. The van der Waals surface area contributed by atoms with E-state index >= 15 is 0 Å². The Bertz CT molecular complexity index is 653. The van der Waals surface area contributed by atoms with Crippen LogP contribution in [0.1, 0.15) is 24.2 Å². The molecule has 1 atom stereocenters. The number of nitrogens with zero attached hydrogens (tertiary/aromatic N) is 3. The number of aliphatic carboxylic acids is 1. The fraction of sp³-hybridized carbons (Fsp3) is 0.400. The Morgan fingerprint density at radius 2 is 2.38 bits per heavy atom. The van der Waals surface area contributed by atoms with E-state index in [1.165, 1.54) is 0 Å². The lowest BCUT2D eigenvalue weighted by Gasteiger charge is -2.18. The Balaban J connectivity index is 1.75. The molecule has 0 spiro atoms. The van der Waals surface area contributed by atoms with Crippen molar-refractivity contribution in [2.45, 2.75) is 32.4 Å². The van der Waals surface area contributed by atoms with Crippen molar-refractivity contribution in [1.82, 2.24) is 15.0 Å². The molecule has 1 saturated heterocycles. The molecular formula is C15H17N3O3. The van der Waals surface area contributed by atoms with E-state index in [2.05, 4.69) is 10.1 Å². The summed E-state index contributed by atoms with van der Waals surface area (Å²) in [6.07, 6.45) is 1.57. The third-order valence-electron chi connectivity index (χ3n) is 3.73. The summed E-state index contributed by atoms with van der Waals surface area (Å²) in [6, 6.07) is 7.40. The van der Waals surface area contributed by atoms with Crippen molar-refractivity contribution < 1.29 is 14.4 Å². The van der Waals surface area contributed by atoms with Gasteiger partial charge in [-0.1, -0.05) is 22.9 Å². The van der Waals surface area contributed by atoms with Crippen LogP contribution in [0.15, 0.2) is 28.8 Å². The van der Waals surface area contributed by atoms with Crippen LogP contribution in [0.3, 0.4) is 0 Å². The third kappa shape index (κ3) is 2.95. The number of hydrogen-bond donors (Lipinski definition) is 1. The molecule has 1 aliphatic heterocycles. The highest BCUT2D eigenvalue weighted by Gasteiger charge is 2.31. The Labute approximate surface area is 122 Å². The number of rotatable bonds is 4. The number of carboxylic acid groups (broad SMARTS) is 1. The minimum absolute atomic E-state index is 0.409. The molecule has 1 aromatic heterocycles. The zero-order valence-corrected chi connectivity index (χ0v) is 11.8. The average Bonchev–Trinajstić information content (AvgIpc) is 3.08. The molecule has 0 aliphatic carbocycles. The molecule has 1 aliphatic rings. The van der Waals surface area contributed by atoms with Crippen molar-refractivity contribution >= 4 is 5.97 Å². The second-order valence-electron chi connectivity index (χ2n) is 5.35. The number of likely N-dealkylation sites (tertiary alicyclic amines) is 1. The molecule has 2 aromatic rings. The van der Waals surface area contributed by atoms with Gasteiger partial charge in [0.05, 0.1) is 6.54 Å². The number of benzene rings is 1. The highest BCUT2D eigenvalue weighted by Crippen LogP contribution is 2.22. The molecule has 1 aromatic carbocycles. The predicted molar refractivity (Wildman–Crippen MR) is 75.5 cm³/mol. The summed E-state index contributed by atoms with van der Waals surface area (Å²) in [7, 11) is 0. The molecule has 0 amide bonds. The average molecular weight is 287 g/mol. The first-order valence-electron chi connectivity index (χ1n) is 7.00. The smallest absolute Gasteiger partial charge is 0.320 e. The first-order valence-corrected chi connectivity index (χ1v) is 7.00. The van der Waals surface area contributed by atoms with Crippen molar-refractivity contribution in [3.05, 3.63) is 35.7 Å². The van der Waals surface area contributed by atoms with Gasteiger partial charge in [0.25, 0.3) is 5.89 Å². The van der Waals surface area contributed by atoms with E-state index < -0.39 is 12.0 Å². The topological polar surface area (TPSA) is 79.5 Å². The van der Waals surface area contributed by atoms with E-state index in [0.717, 1.165) is 24.1 Å². The van der Waals surface area contributed by atoms with Gasteiger partial charge in [-0.3, -0.25) is 9.69 Å². The molecule has 6 nitrogen and oxygen atoms in total. The maximum Gasteiger partial charge on any atom is 0.320 e. The zero-order valence-electron chi connectivity index (χ0n) is 11.8. The zero-order chi connectivity index (χ0) is 14.8. The van der Waals surface area contributed by atoms with Gasteiger partial charge in [-0.25, -0.2) is 0 Å². The number of aryl methyl sites for hydroxylation is 1. The third-order valence-corrected chi connectivity index (χ3v) is 3.73. The van der Waals surface area contributed by atoms with Gasteiger partial charge in [-0.05, 0) is 38.4 Å². The van der Waals surface area contributed by atoms with Crippen molar-refractivity contribution in [2.75, 3.05) is 6.54 Å². The molecule has 0 bridgehead atoms. The van der Waals surface area contributed by atoms with E-state index in [1.807, 2.05) is 36.1 Å². The molecule has 2 heterocycles. The summed E-state index contributed by atoms with van der Waals surface area (Å²) in [5.74, 6) is 0.217. The number of aromatic nitrogens is 2. The molecule has 0 saturated carbocycles. The van der Waals surface area contributed by atoms with Crippen LogP contribution in [0.2, 0.25) is 0 Å². The summed E-state index contributed by atoms with van der Waals surface area (Å²) in [5, 5.41) is 13.1. The first-order chi connectivity index (χ1) is 10.1. The second kappa shape index (κ2) is 5.65. The Morgan fingerprint density at radius 3 is 3.14 bits per heavy atom. The van der Waals surface area contributed by atoms with Gasteiger partial charge in [0.2, 0.25) is 0 Å². The minimum atomic E-state index is -0.782. The quantitative estimate of drug-likeness (QED) is 0.927. The van der Waals surface area contributed by atoms with Crippen molar-refractivity contribution in [3.63, 3.8) is 0 Å². The highest BCUT2D eigenvalue weighted by atomic mass is 16.5. The van der Waals surface area contributed by atoms with Crippen LogP contribution in [0, 0.1) is 6.92 Å². The fourth-order valence-electron chi connectivity index (χ4n) is 2.69. The Morgan fingerprint density at radius 1 is 1.52 bits per heavy atom. The van der Waals surface area contributed by atoms with Gasteiger partial charge < -0.3 is 9.63 Å². The van der Waals surface area contributed by atoms with Gasteiger partial charge in [-0.2, -0.15) is 4.98 Å². The number of carbonyl (C=O) groups is 1. The monoisotopic (exact) mass is 287 g/mol. The van der Waals surface area contributed by atoms with Crippen molar-refractivity contribution in [1.29, 1.82) is 0 Å². The van der Waals surface area contributed by atoms with Gasteiger partial charge in [0, 0.05) is 5.56 Å². The normalized spacial score (nSPS) is 19.0. The lowest BCUT2D eigenvalue weighted by atomic mass is 10.1. The van der Waals surface area contributed by atoms with Crippen LogP contribution >= 0.6 is 0 Å². The molecule has 6 heteroatoms. The summed E-state index contributed by atoms with van der Waals surface area (Å²) < 4.78 is 5.28. The van der Waals surface area contributed by atoms with Crippen molar-refractivity contribution in [2.24, 2.45) is 0 Å². The molecule has 1 N–H and O–H groups in total. The number of hydrogen-bond acceptors (Lipinski definition) is 5. The van der Waals surface area contributed by atoms with E-state index in [0.29, 0.717) is 24.7 Å². The van der Waals surface area contributed by atoms with Crippen LogP contribution in [-0.2, 0) is 11.3 Å². The van der Waals surface area contributed by atoms with Crippen LogP contribution in [0.25, 0.3) is 11.5 Å². The minimum Gasteiger partial charge on any atom is -0.480 e. The summed E-state index contributed by atoms with van der Waals surface area (Å²) >= 11 is 0. The molecule has 1 unspecified atom stereocenters. The van der Waals surface area contributed by atoms with Gasteiger partial charge >= 0.3 is 5.97 Å². The first kappa shape index (κ1) is 13.8. The summed E-state index contributed by atoms with van der Waals surface area (Å²) in [5.41, 5.74) is 2.00. The van der Waals surface area contributed by atoms with Crippen LogP contribution < -0.4 is 0 Å². The molecular weight excluding hydrogens is 270 g/mol. The standard InChI is InChI=1S/C15H17N3O3/c1-10-4-2-5-11(8-10)14-16-13(17-21-14)9-18-7-3-6-12(18)15(19)20/h2,4-5,8,12H,3,6-7,9H2,1H3,(H,19,20). The Hall–Kier alpha value is -2.21. The van der Waals surface area contributed by atoms with E-state index in [4.69, 9.17) is 9.63 Å². The van der Waals surface area contributed by atoms with Crippen LogP contribution in [-0.4, -0.2) is 38.7 Å². The lowest BCUT2D eigenvalue weighted by Crippen LogP contribution is -2.35. The second-order valence-corrected chi connectivity index (χ2v) is 5.35. The van der Waals surface area contributed by atoms with Crippen LogP contribution in [0.4, 0.5) is 0 Å². The van der Waals surface area contributed by atoms with Crippen LogP contribution in [0.5, 0.6) is 0 Å². The maximum atomic E-state index is 11.2. The van der Waals surface area contributed by atoms with E-state index in [9.17, 15) is 4.79 Å². The van der Waals surface area contributed by atoms with E-state index in [-0.39, 0.29) is 0 Å². The van der Waals surface area contributed by atoms with Gasteiger partial charge in [-0.15, -0.1) is 0 Å². The SMILES string of the molecule is Cc1cccc(-c2nc(CN3CCCC3C(=O)O)no2)c1. The molecule has 21 heavy (non-hydrogen) atoms. The lowest BCUT2D eigenvalue weighted by molar-refractivity contribution is -0.142. The predicted octanol–water partition coefficient (Wildman–Crippen LogP) is 2.09. The maximum absolute atomic E-state index is 11.2. The molecule has 110 valence electrons. The Kier molecular flexibility index (Phi) is 3.70. The fourth-order valence-corrected chi connectivity index (χ4v) is 2.69. The molecule has 0 radical (unpaired) electrons.